The zero-order chi connectivity index (χ0) is 85.0. The minimum Gasteiger partial charge on any atom is -0.394 e. The Bertz CT molecular complexity index is 3230. The van der Waals surface area contributed by atoms with Gasteiger partial charge in [-0.05, 0) is 6.92 Å². The Morgan fingerprint density at radius 3 is 1.03 bits per heavy atom. The summed E-state index contributed by atoms with van der Waals surface area (Å²) >= 11 is 0. The lowest BCUT2D eigenvalue weighted by atomic mass is 9.93. The number of amides is 4. The van der Waals surface area contributed by atoms with E-state index < -0.39 is 363 Å². The third-order valence-electron chi connectivity index (χ3n) is 20.5. The first-order valence-corrected chi connectivity index (χ1v) is 37.5. The van der Waals surface area contributed by atoms with Crippen LogP contribution < -0.4 is 21.3 Å². The first-order chi connectivity index (χ1) is 54.1. The molecule has 9 saturated heterocycles. The van der Waals surface area contributed by atoms with Crippen LogP contribution in [0.3, 0.4) is 0 Å². The fourth-order valence-corrected chi connectivity index (χ4v) is 15.0. The Morgan fingerprint density at radius 2 is 0.591 bits per heavy atom. The molecule has 0 aliphatic carbocycles. The summed E-state index contributed by atoms with van der Waals surface area (Å²) in [5.74, 6) is -3.78. The second kappa shape index (κ2) is 40.9. The summed E-state index contributed by atoms with van der Waals surface area (Å²) in [6, 6.07) is -7.70. The van der Waals surface area contributed by atoms with Crippen molar-refractivity contribution >= 4 is 34.0 Å². The second-order valence-corrected chi connectivity index (χ2v) is 29.8. The third-order valence-corrected chi connectivity index (χ3v) is 21.0. The number of hydrogen-bond acceptors (Lipinski definition) is 47. The molecule has 52 nitrogen and oxygen atoms in total. The molecule has 115 heavy (non-hydrogen) atoms. The van der Waals surface area contributed by atoms with E-state index in [0.717, 1.165) is 27.7 Å². The van der Waals surface area contributed by atoms with E-state index in [0.29, 0.717) is 0 Å². The molecule has 9 aliphatic heterocycles. The predicted octanol–water partition coefficient (Wildman–Crippen LogP) is -19.2. The molecule has 9 rings (SSSR count). The van der Waals surface area contributed by atoms with Crippen LogP contribution in [0.4, 0.5) is 0 Å². The van der Waals surface area contributed by atoms with Gasteiger partial charge in [0.1, 0.15) is 213 Å². The number of aliphatic hydroxyl groups is 23. The molecule has 28 N–H and O–H groups in total. The van der Waals surface area contributed by atoms with Crippen LogP contribution >= 0.6 is 0 Å². The highest BCUT2D eigenvalue weighted by Crippen LogP contribution is 2.40. The van der Waals surface area contributed by atoms with E-state index in [-0.39, 0.29) is 0 Å². The van der Waals surface area contributed by atoms with Gasteiger partial charge < -0.3 is 219 Å². The Labute approximate surface area is 651 Å². The molecule has 666 valence electrons. The highest BCUT2D eigenvalue weighted by atomic mass is 32.3. The maximum atomic E-state index is 13.2. The molecule has 9 aliphatic rings. The summed E-state index contributed by atoms with van der Waals surface area (Å²) in [6.07, 6.45) is -84.8. The fraction of sp³-hybridized carbons (Fsp3) is 0.935. The maximum absolute atomic E-state index is 13.2. The molecule has 9 fully saturated rings. The third kappa shape index (κ3) is 22.0. The van der Waals surface area contributed by atoms with Crippen LogP contribution in [0.2, 0.25) is 0 Å². The number of ether oxygens (including phenoxy) is 17. The van der Waals surface area contributed by atoms with Crippen molar-refractivity contribution in [1.29, 1.82) is 0 Å². The maximum Gasteiger partial charge on any atom is 0.397 e. The molecule has 9 heterocycles. The average molecular weight is 1710 g/mol. The summed E-state index contributed by atoms with van der Waals surface area (Å²) in [4.78, 5) is 51.1. The number of carbonyl (C=O) groups is 4. The SMILES string of the molecule is CC(=O)N[C@@H]1[C@@H](O)[C@H](O[C@@H]2O[C@H](CO)[C@@H](O[C@@H]3O[C@H](CO[C@H]4O[C@H](CO[C@H]5O[C@H](CO)[C@@H](O)[C@H](O)[C@@H]5O)[C@@H](O)[C@H](O)[C@@H]4O)[C@@H](O)[C@H](O[C@H]4O[C@H](CO)[C@@H](O)[C@H](O)[C@@H]4O[C@@H]4O[C@H](CO)[C@@H](O[C@@H]5O[C@H](CO)[C@H](OS(=O)(=O)O)[C@H](O)[C@H]5NC(C)=O)[C@H](O)[C@H]4NC(C)=O)[C@@H]3O)[C@H](O)[C@H]2NC(C)=O)[C@@H](CO[C@@H]2O[C@@H](C)[C@@H](O)[C@@H](O)[C@@H]2O)O[C@H]1O. The molecule has 0 spiro atoms. The number of carbonyl (C=O) groups excluding carboxylic acids is 4. The lowest BCUT2D eigenvalue weighted by Gasteiger charge is -2.51. The second-order valence-electron chi connectivity index (χ2n) is 28.7. The van der Waals surface area contributed by atoms with E-state index in [1.165, 1.54) is 6.92 Å². The summed E-state index contributed by atoms with van der Waals surface area (Å²) in [5, 5.41) is 265. The lowest BCUT2D eigenvalue weighted by molar-refractivity contribution is -0.396. The Kier molecular flexibility index (Phi) is 33.8. The van der Waals surface area contributed by atoms with Crippen molar-refractivity contribution in [3.05, 3.63) is 0 Å². The summed E-state index contributed by atoms with van der Waals surface area (Å²) in [7, 11) is -5.42. The fourth-order valence-electron chi connectivity index (χ4n) is 14.5. The van der Waals surface area contributed by atoms with E-state index in [4.69, 9.17) is 80.5 Å². The van der Waals surface area contributed by atoms with E-state index in [2.05, 4.69) is 25.5 Å². The van der Waals surface area contributed by atoms with Crippen LogP contribution in [-0.2, 0) is 114 Å². The zero-order valence-electron chi connectivity index (χ0n) is 61.6. The molecule has 0 saturated carbocycles. The van der Waals surface area contributed by atoms with Gasteiger partial charge in [0.25, 0.3) is 0 Å². The van der Waals surface area contributed by atoms with Gasteiger partial charge in [0.05, 0.1) is 59.0 Å². The number of hydrogen-bond donors (Lipinski definition) is 28. The summed E-state index contributed by atoms with van der Waals surface area (Å²) in [5.41, 5.74) is 0. The molecule has 0 aromatic heterocycles. The van der Waals surface area contributed by atoms with Crippen LogP contribution in [-0.4, -0.2) is 483 Å². The minimum absolute atomic E-state index is 0.836. The Balaban J connectivity index is 1.03. The van der Waals surface area contributed by atoms with Crippen LogP contribution in [0, 0.1) is 0 Å². The van der Waals surface area contributed by atoms with Crippen molar-refractivity contribution < 1.29 is 234 Å². The number of nitrogens with one attached hydrogen (secondary N) is 4. The highest BCUT2D eigenvalue weighted by Gasteiger charge is 2.61. The quantitative estimate of drug-likeness (QED) is 0.0297. The number of aliphatic hydroxyl groups excluding tert-OH is 23. The van der Waals surface area contributed by atoms with Gasteiger partial charge in [0, 0.05) is 27.7 Å². The number of rotatable bonds is 30. The Hall–Kier alpha value is -3.85. The minimum atomic E-state index is -5.42. The van der Waals surface area contributed by atoms with Crippen molar-refractivity contribution in [3.63, 3.8) is 0 Å². The monoisotopic (exact) mass is 1700 g/mol. The first kappa shape index (κ1) is 95.0. The van der Waals surface area contributed by atoms with Crippen molar-refractivity contribution in [3.8, 4) is 0 Å². The largest absolute Gasteiger partial charge is 0.397 e. The smallest absolute Gasteiger partial charge is 0.394 e. The molecule has 45 atom stereocenters. The molecular formula is C62H104N4O48S. The predicted molar refractivity (Wildman–Crippen MR) is 352 cm³/mol. The molecule has 0 unspecified atom stereocenters. The highest BCUT2D eigenvalue weighted by molar-refractivity contribution is 7.80. The van der Waals surface area contributed by atoms with Crippen LogP contribution in [0.1, 0.15) is 34.6 Å². The molecule has 0 aromatic carbocycles. The Morgan fingerprint density at radius 1 is 0.287 bits per heavy atom. The molecule has 0 aromatic rings. The van der Waals surface area contributed by atoms with Gasteiger partial charge in [-0.2, -0.15) is 8.42 Å². The molecular weight excluding hydrogens is 1600 g/mol. The van der Waals surface area contributed by atoms with Gasteiger partial charge in [0.15, 0.2) is 56.6 Å². The topological polar surface area (TPSA) is 802 Å². The summed E-state index contributed by atoms with van der Waals surface area (Å²) in [6.45, 7) is -3.62. The first-order valence-electron chi connectivity index (χ1n) is 36.1. The normalized spacial score (nSPS) is 48.1. The van der Waals surface area contributed by atoms with Gasteiger partial charge in [-0.3, -0.25) is 23.7 Å². The molecule has 0 bridgehead atoms. The van der Waals surface area contributed by atoms with Crippen molar-refractivity contribution in [2.75, 3.05) is 52.9 Å². The van der Waals surface area contributed by atoms with Gasteiger partial charge >= 0.3 is 10.4 Å². The van der Waals surface area contributed by atoms with Gasteiger partial charge in [-0.25, -0.2) is 4.18 Å². The van der Waals surface area contributed by atoms with Gasteiger partial charge in [-0.1, -0.05) is 0 Å². The van der Waals surface area contributed by atoms with Crippen LogP contribution in [0.15, 0.2) is 0 Å². The van der Waals surface area contributed by atoms with Crippen LogP contribution in [0.5, 0.6) is 0 Å². The van der Waals surface area contributed by atoms with Gasteiger partial charge in [0.2, 0.25) is 23.6 Å². The van der Waals surface area contributed by atoms with E-state index in [1.807, 2.05) is 0 Å². The molecule has 4 amide bonds. The van der Waals surface area contributed by atoms with E-state index in [9.17, 15) is 150 Å². The van der Waals surface area contributed by atoms with Crippen molar-refractivity contribution in [2.24, 2.45) is 0 Å². The molecule has 53 heteroatoms. The van der Waals surface area contributed by atoms with Crippen LogP contribution in [0.25, 0.3) is 0 Å². The lowest BCUT2D eigenvalue weighted by Crippen LogP contribution is -2.71. The summed E-state index contributed by atoms with van der Waals surface area (Å²) < 4.78 is 138. The zero-order valence-corrected chi connectivity index (χ0v) is 62.4. The molecule has 0 radical (unpaired) electrons. The van der Waals surface area contributed by atoms with Crippen molar-refractivity contribution in [2.45, 2.75) is 311 Å². The standard InChI is InChI=1S/C62H104N4O48S/c1-14-31(76)40(85)44(89)58(100-14)99-13-26-50(36(81)27(54(93)101-26)63-15(2)72)110-55-28(64-16(3)73)38(83)49(22(9-70)104-55)111-61-47(92)52(35(80)25(108-61)12-98-60-46(91)42(87)34(79)24(107-60)11-97-59-45(90)41(86)32(77)19(6-67)102-59)112-62-53(43(88)33(78)20(7-68)103-62)113-57-29(65-17(4)74)37(82)48(21(8-69)105-57)109-56-30(66-18(5)75)39(84)51(23(10-71)106-56)114-115(94,95)96/h14,19-62,67-71,76-93H,6-13H2,1-5H3,(H,63,72)(H,64,73)(H,65,74)(H,66,75)(H,94,95,96)/t14-,19+,20+,21+,22+,23+,24+,25+,26+,27+,28+,29+,30+,31+,32+,33+,34+,35+,36+,37+,38+,39+,40+,41-,42-,43-,44-,45-,46-,47-,48+,49+,50+,51-,52-,53-,54+,55-,56-,57-,58+,59-,60-,61-,62+/m0/s1. The van der Waals surface area contributed by atoms with Crippen molar-refractivity contribution in [1.82, 2.24) is 21.3 Å². The van der Waals surface area contributed by atoms with E-state index >= 15 is 0 Å². The van der Waals surface area contributed by atoms with E-state index in [1.54, 1.807) is 0 Å². The average Bonchev–Trinajstić information content (AvgIpc) is 0.765. The van der Waals surface area contributed by atoms with Gasteiger partial charge in [-0.15, -0.1) is 0 Å².